The quantitative estimate of drug-likeness (QED) is 0.449. The van der Waals surface area contributed by atoms with Crippen LogP contribution in [0.15, 0.2) is 24.3 Å². The van der Waals surface area contributed by atoms with E-state index in [-0.39, 0.29) is 23.4 Å². The molecule has 0 radical (unpaired) electrons. The van der Waals surface area contributed by atoms with E-state index in [1.54, 1.807) is 19.2 Å². The first kappa shape index (κ1) is 17.5. The molecule has 5 heteroatoms. The predicted molar refractivity (Wildman–Crippen MR) is 95.9 cm³/mol. The first-order chi connectivity index (χ1) is 11.4. The third-order valence-electron chi connectivity index (χ3n) is 5.18. The van der Waals surface area contributed by atoms with Crippen molar-refractivity contribution in [1.82, 2.24) is 0 Å². The lowest BCUT2D eigenvalue weighted by atomic mass is 9.84. The minimum atomic E-state index is -1.68. The Morgan fingerprint density at radius 2 is 1.62 bits per heavy atom. The third-order valence-corrected chi connectivity index (χ3v) is 6.14. The van der Waals surface area contributed by atoms with E-state index in [1.165, 1.54) is 19.3 Å². The molecule has 132 valence electrons. The highest BCUT2D eigenvalue weighted by Crippen LogP contribution is 2.64. The van der Waals surface area contributed by atoms with Gasteiger partial charge in [-0.25, -0.2) is 0 Å². The van der Waals surface area contributed by atoms with Gasteiger partial charge in [0.15, 0.2) is 8.32 Å². The molecule has 2 saturated carbocycles. The average molecular weight is 349 g/mol. The van der Waals surface area contributed by atoms with E-state index in [4.69, 9.17) is 13.9 Å². The van der Waals surface area contributed by atoms with E-state index in [1.807, 2.05) is 12.1 Å². The summed E-state index contributed by atoms with van der Waals surface area (Å²) in [6, 6.07) is 7.17. The van der Waals surface area contributed by atoms with Gasteiger partial charge in [0, 0.05) is 5.41 Å². The van der Waals surface area contributed by atoms with Crippen LogP contribution in [-0.4, -0.2) is 27.5 Å². The van der Waals surface area contributed by atoms with Gasteiger partial charge >= 0.3 is 5.97 Å². The fourth-order valence-corrected chi connectivity index (χ4v) is 5.14. The summed E-state index contributed by atoms with van der Waals surface area (Å²) >= 11 is 0. The zero-order chi connectivity index (χ0) is 17.4. The summed E-state index contributed by atoms with van der Waals surface area (Å²) in [5.74, 6) is 1.09. The van der Waals surface area contributed by atoms with Gasteiger partial charge < -0.3 is 13.9 Å². The highest BCUT2D eigenvalue weighted by Gasteiger charge is 2.69. The fraction of sp³-hybridized carbons (Fsp3) is 0.632. The Morgan fingerprint density at radius 3 is 2.17 bits per heavy atom. The van der Waals surface area contributed by atoms with Crippen molar-refractivity contribution in [2.45, 2.75) is 57.8 Å². The topological polar surface area (TPSA) is 44.8 Å². The van der Waals surface area contributed by atoms with Gasteiger partial charge in [-0.3, -0.25) is 4.79 Å². The van der Waals surface area contributed by atoms with Gasteiger partial charge in [-0.2, -0.15) is 0 Å². The molecule has 0 aliphatic heterocycles. The van der Waals surface area contributed by atoms with Crippen molar-refractivity contribution >= 4 is 14.3 Å². The van der Waals surface area contributed by atoms with Crippen LogP contribution in [0.3, 0.4) is 0 Å². The summed E-state index contributed by atoms with van der Waals surface area (Å²) in [5.41, 5.74) is 0.0298. The molecule has 0 unspecified atom stereocenters. The Kier molecular flexibility index (Phi) is 4.75. The highest BCUT2D eigenvalue weighted by atomic mass is 28.4. The molecule has 3 rings (SSSR count). The number of rotatable bonds is 5. The minimum absolute atomic E-state index is 0.0298. The number of hydrogen-bond acceptors (Lipinski definition) is 4. The molecule has 2 aliphatic carbocycles. The number of hydrogen-bond donors (Lipinski definition) is 0. The van der Waals surface area contributed by atoms with Crippen molar-refractivity contribution < 1.29 is 18.7 Å². The Labute approximate surface area is 145 Å². The van der Waals surface area contributed by atoms with Crippen molar-refractivity contribution in [2.75, 3.05) is 7.11 Å². The van der Waals surface area contributed by atoms with Crippen LogP contribution in [0.25, 0.3) is 0 Å². The van der Waals surface area contributed by atoms with Gasteiger partial charge in [0.05, 0.1) is 19.1 Å². The molecule has 0 saturated heterocycles. The van der Waals surface area contributed by atoms with E-state index in [9.17, 15) is 4.79 Å². The van der Waals surface area contributed by atoms with E-state index in [2.05, 4.69) is 19.6 Å². The van der Waals surface area contributed by atoms with E-state index >= 15 is 0 Å². The van der Waals surface area contributed by atoms with Gasteiger partial charge in [-0.05, 0) is 56.7 Å². The van der Waals surface area contributed by atoms with Crippen molar-refractivity contribution in [3.05, 3.63) is 24.3 Å². The third kappa shape index (κ3) is 3.52. The molecule has 0 bridgehead atoms. The summed E-state index contributed by atoms with van der Waals surface area (Å²) in [6.45, 7) is 6.56. The van der Waals surface area contributed by atoms with Crippen LogP contribution in [0.2, 0.25) is 19.6 Å². The molecule has 0 amide bonds. The lowest BCUT2D eigenvalue weighted by molar-refractivity contribution is -0.137. The molecule has 0 heterocycles. The van der Waals surface area contributed by atoms with Gasteiger partial charge in [-0.15, -0.1) is 0 Å². The number of carbonyl (C=O) groups is 1. The molecule has 24 heavy (non-hydrogen) atoms. The van der Waals surface area contributed by atoms with Gasteiger partial charge in [0.25, 0.3) is 0 Å². The molecule has 0 N–H and O–H groups in total. The van der Waals surface area contributed by atoms with Crippen LogP contribution in [0.1, 0.15) is 32.1 Å². The molecule has 0 aromatic heterocycles. The van der Waals surface area contributed by atoms with Crippen LogP contribution >= 0.6 is 0 Å². The van der Waals surface area contributed by atoms with Crippen LogP contribution in [0, 0.1) is 11.3 Å². The summed E-state index contributed by atoms with van der Waals surface area (Å²) in [7, 11) is -0.0628. The van der Waals surface area contributed by atoms with Crippen molar-refractivity contribution in [3.63, 3.8) is 0 Å². The van der Waals surface area contributed by atoms with Crippen LogP contribution < -0.4 is 9.47 Å². The number of ether oxygens (including phenoxy) is 2. The van der Waals surface area contributed by atoms with E-state index < -0.39 is 8.32 Å². The number of esters is 1. The number of methoxy groups -OCH3 is 1. The van der Waals surface area contributed by atoms with Crippen LogP contribution in [-0.2, 0) is 9.22 Å². The molecular formula is C19H28O4Si. The van der Waals surface area contributed by atoms with Gasteiger partial charge in [0.1, 0.15) is 11.5 Å². The first-order valence-corrected chi connectivity index (χ1v) is 12.3. The Balaban J connectivity index is 1.71. The first-order valence-electron chi connectivity index (χ1n) is 8.89. The highest BCUT2D eigenvalue weighted by molar-refractivity contribution is 6.69. The fourth-order valence-electron chi connectivity index (χ4n) is 4.01. The Hall–Kier alpha value is -1.33. The van der Waals surface area contributed by atoms with Crippen molar-refractivity contribution in [2.24, 2.45) is 11.3 Å². The molecule has 4 nitrogen and oxygen atoms in total. The Morgan fingerprint density at radius 1 is 1.04 bits per heavy atom. The zero-order valence-corrected chi connectivity index (χ0v) is 16.1. The molecule has 2 atom stereocenters. The lowest BCUT2D eigenvalue weighted by Gasteiger charge is -2.25. The smallest absolute Gasteiger partial charge is 0.317 e. The zero-order valence-electron chi connectivity index (χ0n) is 15.1. The second-order valence-corrected chi connectivity index (χ2v) is 12.5. The maximum Gasteiger partial charge on any atom is 0.317 e. The number of benzene rings is 1. The molecule has 1 spiro atoms. The summed E-state index contributed by atoms with van der Waals surface area (Å²) in [4.78, 5) is 12.8. The molecule has 1 aromatic carbocycles. The predicted octanol–water partition coefficient (Wildman–Crippen LogP) is 4.40. The SMILES string of the molecule is COc1ccc(OC(=O)[C@@H]2[C@@H](O[Si](C)(C)C)C23CCCCC3)cc1. The van der Waals surface area contributed by atoms with Gasteiger partial charge in [-0.1, -0.05) is 19.3 Å². The monoisotopic (exact) mass is 348 g/mol. The van der Waals surface area contributed by atoms with Crippen LogP contribution in [0.4, 0.5) is 0 Å². The maximum atomic E-state index is 12.8. The second kappa shape index (κ2) is 6.52. The lowest BCUT2D eigenvalue weighted by Crippen LogP contribution is -2.29. The largest absolute Gasteiger partial charge is 0.497 e. The van der Waals surface area contributed by atoms with E-state index in [0.717, 1.165) is 18.6 Å². The molecule has 1 aromatic rings. The van der Waals surface area contributed by atoms with Crippen LogP contribution in [0.5, 0.6) is 11.5 Å². The van der Waals surface area contributed by atoms with Gasteiger partial charge in [0.2, 0.25) is 0 Å². The molecule has 2 aliphatic rings. The normalized spacial score (nSPS) is 25.3. The standard InChI is InChI=1S/C19H28O4Si/c1-21-14-8-10-15(11-9-14)22-18(20)16-17(23-24(2,3)4)19(16)12-6-5-7-13-19/h8-11,16-17H,5-7,12-13H2,1-4H3/t16-,17+/m0/s1. The maximum absolute atomic E-state index is 12.8. The minimum Gasteiger partial charge on any atom is -0.497 e. The summed E-state index contributed by atoms with van der Waals surface area (Å²) in [5, 5.41) is 0. The Bertz CT molecular complexity index is 584. The summed E-state index contributed by atoms with van der Waals surface area (Å²) in [6.07, 6.45) is 5.88. The molecule has 2 fully saturated rings. The summed E-state index contributed by atoms with van der Waals surface area (Å²) < 4.78 is 17.2. The van der Waals surface area contributed by atoms with E-state index in [0.29, 0.717) is 5.75 Å². The van der Waals surface area contributed by atoms with Crippen molar-refractivity contribution in [3.8, 4) is 11.5 Å². The second-order valence-electron chi connectivity index (χ2n) is 8.02. The van der Waals surface area contributed by atoms with Crippen molar-refractivity contribution in [1.29, 1.82) is 0 Å². The molecular weight excluding hydrogens is 320 g/mol. The average Bonchev–Trinajstić information content (AvgIpc) is 3.11. The number of carbonyl (C=O) groups excluding carboxylic acids is 1.